The standard InChI is InChI=1S/C10H10Cl2N2O/c1-14-7(5-13)6-15-8-2-3-9(11)10(12)4-8/h2-4,7,14H,6H2,1H3. The van der Waals surface area contributed by atoms with Crippen molar-refractivity contribution in [3.05, 3.63) is 28.2 Å². The second-order valence-corrected chi connectivity index (χ2v) is 3.67. The van der Waals surface area contributed by atoms with Crippen LogP contribution in [-0.4, -0.2) is 19.7 Å². The molecule has 0 aliphatic carbocycles. The van der Waals surface area contributed by atoms with Crippen LogP contribution in [0.15, 0.2) is 18.2 Å². The Balaban J connectivity index is 2.59. The fourth-order valence-electron chi connectivity index (χ4n) is 0.931. The van der Waals surface area contributed by atoms with Crippen LogP contribution in [0.5, 0.6) is 5.75 Å². The normalized spacial score (nSPS) is 11.9. The lowest BCUT2D eigenvalue weighted by molar-refractivity contribution is 0.295. The largest absolute Gasteiger partial charge is 0.491 e. The van der Waals surface area contributed by atoms with Crippen LogP contribution >= 0.6 is 23.2 Å². The molecule has 0 bridgehead atoms. The van der Waals surface area contributed by atoms with Gasteiger partial charge in [0.2, 0.25) is 0 Å². The Labute approximate surface area is 98.6 Å². The van der Waals surface area contributed by atoms with E-state index in [1.165, 1.54) is 0 Å². The first-order valence-corrected chi connectivity index (χ1v) is 5.07. The molecule has 0 spiro atoms. The lowest BCUT2D eigenvalue weighted by Gasteiger charge is -2.10. The summed E-state index contributed by atoms with van der Waals surface area (Å²) in [6.07, 6.45) is 0. The van der Waals surface area contributed by atoms with E-state index in [2.05, 4.69) is 11.4 Å². The minimum absolute atomic E-state index is 0.269. The fourth-order valence-corrected chi connectivity index (χ4v) is 1.22. The number of ether oxygens (including phenoxy) is 1. The Morgan fingerprint density at radius 3 is 2.73 bits per heavy atom. The summed E-state index contributed by atoms with van der Waals surface area (Å²) in [6, 6.07) is 6.70. The SMILES string of the molecule is CNC(C#N)COc1ccc(Cl)c(Cl)c1. The highest BCUT2D eigenvalue weighted by Crippen LogP contribution is 2.26. The lowest BCUT2D eigenvalue weighted by atomic mass is 10.3. The molecule has 15 heavy (non-hydrogen) atoms. The van der Waals surface area contributed by atoms with E-state index in [4.69, 9.17) is 33.2 Å². The van der Waals surface area contributed by atoms with Crippen molar-refractivity contribution in [3.63, 3.8) is 0 Å². The molecule has 0 aromatic heterocycles. The highest BCUT2D eigenvalue weighted by atomic mass is 35.5. The summed E-state index contributed by atoms with van der Waals surface area (Å²) >= 11 is 11.6. The second-order valence-electron chi connectivity index (χ2n) is 2.86. The van der Waals surface area contributed by atoms with Gasteiger partial charge in [0.1, 0.15) is 18.4 Å². The molecule has 0 saturated heterocycles. The van der Waals surface area contributed by atoms with Crippen LogP contribution in [0.4, 0.5) is 0 Å². The molecule has 0 amide bonds. The van der Waals surface area contributed by atoms with Crippen molar-refractivity contribution in [1.82, 2.24) is 5.32 Å². The Bertz CT molecular complexity index is 376. The molecule has 80 valence electrons. The van der Waals surface area contributed by atoms with E-state index in [9.17, 15) is 0 Å². The van der Waals surface area contributed by atoms with Crippen molar-refractivity contribution < 1.29 is 4.74 Å². The zero-order valence-corrected chi connectivity index (χ0v) is 9.64. The number of nitriles is 1. The van der Waals surface area contributed by atoms with Crippen LogP contribution in [0.2, 0.25) is 10.0 Å². The summed E-state index contributed by atoms with van der Waals surface area (Å²) in [7, 11) is 1.70. The van der Waals surface area contributed by atoms with E-state index < -0.39 is 0 Å². The van der Waals surface area contributed by atoms with Gasteiger partial charge in [-0.05, 0) is 19.2 Å². The van der Waals surface area contributed by atoms with Crippen molar-refractivity contribution in [3.8, 4) is 11.8 Å². The summed E-state index contributed by atoms with van der Waals surface area (Å²) in [6.45, 7) is 0.269. The Kier molecular flexibility index (Phi) is 4.70. The third kappa shape index (κ3) is 3.60. The average molecular weight is 245 g/mol. The van der Waals surface area contributed by atoms with E-state index in [0.29, 0.717) is 15.8 Å². The second kappa shape index (κ2) is 5.82. The summed E-state index contributed by atoms with van der Waals surface area (Å²) < 4.78 is 5.36. The van der Waals surface area contributed by atoms with Gasteiger partial charge in [0.15, 0.2) is 0 Å². The van der Waals surface area contributed by atoms with Gasteiger partial charge in [0, 0.05) is 6.07 Å². The first kappa shape index (κ1) is 12.1. The summed E-state index contributed by atoms with van der Waals surface area (Å²) in [5.74, 6) is 0.597. The van der Waals surface area contributed by atoms with Crippen LogP contribution < -0.4 is 10.1 Å². The Morgan fingerprint density at radius 1 is 1.47 bits per heavy atom. The minimum atomic E-state index is -0.334. The number of halogens is 2. The van der Waals surface area contributed by atoms with Crippen LogP contribution in [0.1, 0.15) is 0 Å². The number of rotatable bonds is 4. The summed E-state index contributed by atoms with van der Waals surface area (Å²) in [5, 5.41) is 12.4. The number of hydrogen-bond acceptors (Lipinski definition) is 3. The van der Waals surface area contributed by atoms with Crippen LogP contribution in [0.3, 0.4) is 0 Å². The van der Waals surface area contributed by atoms with Crippen LogP contribution in [0, 0.1) is 11.3 Å². The number of benzene rings is 1. The van der Waals surface area contributed by atoms with Gasteiger partial charge in [-0.3, -0.25) is 0 Å². The quantitative estimate of drug-likeness (QED) is 0.886. The zero-order chi connectivity index (χ0) is 11.3. The molecular weight excluding hydrogens is 235 g/mol. The molecule has 0 aliphatic heterocycles. The molecule has 1 aromatic carbocycles. The molecule has 1 unspecified atom stereocenters. The predicted molar refractivity (Wildman–Crippen MR) is 60.4 cm³/mol. The molecule has 1 rings (SSSR count). The maximum atomic E-state index is 8.66. The summed E-state index contributed by atoms with van der Waals surface area (Å²) in [5.41, 5.74) is 0. The number of nitrogens with zero attached hydrogens (tertiary/aromatic N) is 1. The molecular formula is C10H10Cl2N2O. The third-order valence-electron chi connectivity index (χ3n) is 1.81. The molecule has 0 aliphatic rings. The molecule has 0 heterocycles. The van der Waals surface area contributed by atoms with Crippen LogP contribution in [-0.2, 0) is 0 Å². The van der Waals surface area contributed by atoms with Gasteiger partial charge in [-0.15, -0.1) is 0 Å². The fraction of sp³-hybridized carbons (Fsp3) is 0.300. The monoisotopic (exact) mass is 244 g/mol. The predicted octanol–water partition coefficient (Wildman–Crippen LogP) is 2.48. The van der Waals surface area contributed by atoms with Crippen molar-refractivity contribution in [2.45, 2.75) is 6.04 Å². The minimum Gasteiger partial charge on any atom is -0.491 e. The third-order valence-corrected chi connectivity index (χ3v) is 2.55. The van der Waals surface area contributed by atoms with E-state index in [0.717, 1.165) is 0 Å². The van der Waals surface area contributed by atoms with Gasteiger partial charge < -0.3 is 10.1 Å². The summed E-state index contributed by atoms with van der Waals surface area (Å²) in [4.78, 5) is 0. The number of hydrogen-bond donors (Lipinski definition) is 1. The Morgan fingerprint density at radius 2 is 2.20 bits per heavy atom. The molecule has 1 aromatic rings. The van der Waals surface area contributed by atoms with Gasteiger partial charge in [-0.2, -0.15) is 5.26 Å². The number of nitrogens with one attached hydrogen (secondary N) is 1. The van der Waals surface area contributed by atoms with E-state index in [1.807, 2.05) is 0 Å². The van der Waals surface area contributed by atoms with E-state index in [1.54, 1.807) is 25.2 Å². The van der Waals surface area contributed by atoms with E-state index in [-0.39, 0.29) is 12.6 Å². The first-order chi connectivity index (χ1) is 7.17. The Hall–Kier alpha value is -0.950. The van der Waals surface area contributed by atoms with Gasteiger partial charge in [-0.25, -0.2) is 0 Å². The molecule has 1 atom stereocenters. The maximum Gasteiger partial charge on any atom is 0.129 e. The topological polar surface area (TPSA) is 45.0 Å². The molecule has 0 radical (unpaired) electrons. The van der Waals surface area contributed by atoms with Crippen LogP contribution in [0.25, 0.3) is 0 Å². The highest BCUT2D eigenvalue weighted by Gasteiger charge is 2.05. The maximum absolute atomic E-state index is 8.66. The van der Waals surface area contributed by atoms with Gasteiger partial charge in [0.05, 0.1) is 16.1 Å². The van der Waals surface area contributed by atoms with Gasteiger partial charge >= 0.3 is 0 Å². The highest BCUT2D eigenvalue weighted by molar-refractivity contribution is 6.42. The van der Waals surface area contributed by atoms with Gasteiger partial charge in [0.25, 0.3) is 0 Å². The molecule has 1 N–H and O–H groups in total. The van der Waals surface area contributed by atoms with Crippen molar-refractivity contribution >= 4 is 23.2 Å². The molecule has 0 fully saturated rings. The van der Waals surface area contributed by atoms with Crippen molar-refractivity contribution in [1.29, 1.82) is 5.26 Å². The van der Waals surface area contributed by atoms with E-state index >= 15 is 0 Å². The number of likely N-dealkylation sites (N-methyl/N-ethyl adjacent to an activating group) is 1. The van der Waals surface area contributed by atoms with Crippen molar-refractivity contribution in [2.24, 2.45) is 0 Å². The molecule has 5 heteroatoms. The molecule has 0 saturated carbocycles. The first-order valence-electron chi connectivity index (χ1n) is 4.32. The lowest BCUT2D eigenvalue weighted by Crippen LogP contribution is -2.29. The molecule has 3 nitrogen and oxygen atoms in total. The smallest absolute Gasteiger partial charge is 0.129 e. The zero-order valence-electron chi connectivity index (χ0n) is 8.13. The van der Waals surface area contributed by atoms with Gasteiger partial charge in [-0.1, -0.05) is 23.2 Å². The average Bonchev–Trinajstić information content (AvgIpc) is 2.24. The van der Waals surface area contributed by atoms with Crippen molar-refractivity contribution in [2.75, 3.05) is 13.7 Å².